The second kappa shape index (κ2) is 10.3. The Morgan fingerprint density at radius 2 is 1.90 bits per heavy atom. The van der Waals surface area contributed by atoms with Crippen molar-refractivity contribution in [1.29, 1.82) is 0 Å². The number of hydrogen-bond acceptors (Lipinski definition) is 6. The third-order valence-corrected chi connectivity index (χ3v) is 4.80. The number of aromatic hydroxyl groups is 1. The van der Waals surface area contributed by atoms with Crippen LogP contribution in [0.1, 0.15) is 36.8 Å². The normalized spacial score (nSPS) is 10.9. The van der Waals surface area contributed by atoms with Gasteiger partial charge in [-0.2, -0.15) is 10.2 Å². The van der Waals surface area contributed by atoms with Gasteiger partial charge in [-0.25, -0.2) is 5.43 Å². The number of hydrazone groups is 1. The molecule has 162 valence electrons. The van der Waals surface area contributed by atoms with E-state index in [1.165, 1.54) is 6.21 Å². The van der Waals surface area contributed by atoms with Crippen LogP contribution >= 0.6 is 0 Å². The van der Waals surface area contributed by atoms with Gasteiger partial charge in [0.05, 0.1) is 18.5 Å². The van der Waals surface area contributed by atoms with Crippen molar-refractivity contribution in [3.05, 3.63) is 59.8 Å². The lowest BCUT2D eigenvalue weighted by molar-refractivity contribution is 0.0950. The fourth-order valence-corrected chi connectivity index (χ4v) is 3.12. The van der Waals surface area contributed by atoms with Gasteiger partial charge >= 0.3 is 0 Å². The van der Waals surface area contributed by atoms with E-state index >= 15 is 0 Å². The Morgan fingerprint density at radius 1 is 1.16 bits per heavy atom. The maximum absolute atomic E-state index is 12.3. The molecule has 2 aromatic carbocycles. The van der Waals surface area contributed by atoms with E-state index in [0.717, 1.165) is 30.1 Å². The quantitative estimate of drug-likeness (QED) is 0.360. The molecule has 8 nitrogen and oxygen atoms in total. The van der Waals surface area contributed by atoms with Crippen molar-refractivity contribution in [2.24, 2.45) is 5.10 Å². The zero-order valence-electron chi connectivity index (χ0n) is 17.9. The maximum atomic E-state index is 12.3. The number of aromatic nitrogens is 2. The number of nitrogens with zero attached hydrogens (tertiary/aromatic N) is 3. The first-order chi connectivity index (χ1) is 15.0. The van der Waals surface area contributed by atoms with Crippen molar-refractivity contribution in [3.8, 4) is 22.8 Å². The van der Waals surface area contributed by atoms with Crippen LogP contribution in [0.3, 0.4) is 0 Å². The lowest BCUT2D eigenvalue weighted by Gasteiger charge is -2.21. The monoisotopic (exact) mass is 421 g/mol. The maximum Gasteiger partial charge on any atom is 0.289 e. The molecule has 0 atom stereocenters. The summed E-state index contributed by atoms with van der Waals surface area (Å²) in [5, 5.41) is 21.1. The van der Waals surface area contributed by atoms with Crippen LogP contribution in [0.4, 0.5) is 5.69 Å². The van der Waals surface area contributed by atoms with Crippen molar-refractivity contribution < 1.29 is 14.6 Å². The number of anilines is 1. The number of carbonyl (C=O) groups excluding carboxylic acids is 1. The molecule has 0 spiro atoms. The molecule has 8 heteroatoms. The number of phenols is 1. The first kappa shape index (κ1) is 21.9. The molecule has 0 radical (unpaired) electrons. The zero-order chi connectivity index (χ0) is 22.2. The highest BCUT2D eigenvalue weighted by Gasteiger charge is 2.11. The first-order valence-corrected chi connectivity index (χ1v) is 10.3. The molecule has 31 heavy (non-hydrogen) atoms. The third-order valence-electron chi connectivity index (χ3n) is 4.80. The average Bonchev–Trinajstić information content (AvgIpc) is 3.27. The number of benzene rings is 2. The Hall–Kier alpha value is -3.81. The number of aromatic amines is 1. The summed E-state index contributed by atoms with van der Waals surface area (Å²) in [6.07, 6.45) is 1.41. The Bertz CT molecular complexity index is 1040. The van der Waals surface area contributed by atoms with Crippen LogP contribution in [0.25, 0.3) is 11.3 Å². The summed E-state index contributed by atoms with van der Waals surface area (Å²) in [4.78, 5) is 14.5. The predicted molar refractivity (Wildman–Crippen MR) is 122 cm³/mol. The number of amides is 1. The summed E-state index contributed by atoms with van der Waals surface area (Å²) in [7, 11) is 0. The highest BCUT2D eigenvalue weighted by Crippen LogP contribution is 2.24. The number of hydrogen-bond donors (Lipinski definition) is 3. The number of phenolic OH excluding ortho intramolecular Hbond substituents is 1. The second-order valence-electron chi connectivity index (χ2n) is 6.74. The molecule has 1 aromatic heterocycles. The van der Waals surface area contributed by atoms with Crippen LogP contribution in [0, 0.1) is 0 Å². The molecule has 0 fully saturated rings. The molecular formula is C23H27N5O3. The molecule has 1 amide bonds. The zero-order valence-corrected chi connectivity index (χ0v) is 17.9. The van der Waals surface area contributed by atoms with Gasteiger partial charge in [0.25, 0.3) is 5.91 Å². The minimum absolute atomic E-state index is 0.0988. The van der Waals surface area contributed by atoms with E-state index < -0.39 is 5.91 Å². The van der Waals surface area contributed by atoms with Crippen molar-refractivity contribution in [1.82, 2.24) is 15.6 Å². The molecule has 0 saturated heterocycles. The van der Waals surface area contributed by atoms with Gasteiger partial charge in [-0.1, -0.05) is 0 Å². The minimum Gasteiger partial charge on any atom is -0.507 e. The third kappa shape index (κ3) is 5.42. The fraction of sp³-hybridized carbons (Fsp3) is 0.261. The largest absolute Gasteiger partial charge is 0.507 e. The van der Waals surface area contributed by atoms with Gasteiger partial charge in [0.15, 0.2) is 0 Å². The molecule has 3 aromatic rings. The van der Waals surface area contributed by atoms with Crippen LogP contribution in [-0.4, -0.2) is 47.1 Å². The summed E-state index contributed by atoms with van der Waals surface area (Å²) in [5.41, 5.74) is 5.67. The van der Waals surface area contributed by atoms with Crippen LogP contribution < -0.4 is 15.1 Å². The van der Waals surface area contributed by atoms with Crippen LogP contribution in [0.5, 0.6) is 11.5 Å². The minimum atomic E-state index is -0.430. The molecule has 3 rings (SSSR count). The van der Waals surface area contributed by atoms with E-state index in [9.17, 15) is 9.90 Å². The van der Waals surface area contributed by atoms with Gasteiger partial charge in [0, 0.05) is 36.0 Å². The lowest BCUT2D eigenvalue weighted by Crippen LogP contribution is -2.21. The van der Waals surface area contributed by atoms with Gasteiger partial charge in [0.1, 0.15) is 17.2 Å². The Balaban J connectivity index is 1.63. The van der Waals surface area contributed by atoms with Crippen LogP contribution in [0.2, 0.25) is 0 Å². The van der Waals surface area contributed by atoms with E-state index in [2.05, 4.69) is 39.5 Å². The number of H-pyrrole nitrogens is 1. The van der Waals surface area contributed by atoms with Gasteiger partial charge in [0.2, 0.25) is 0 Å². The Morgan fingerprint density at radius 3 is 2.55 bits per heavy atom. The van der Waals surface area contributed by atoms with Gasteiger partial charge in [-0.15, -0.1) is 0 Å². The number of rotatable bonds is 9. The summed E-state index contributed by atoms with van der Waals surface area (Å²) in [6, 6.07) is 14.5. The predicted octanol–water partition coefficient (Wildman–Crippen LogP) is 3.79. The molecule has 0 unspecified atom stereocenters. The van der Waals surface area contributed by atoms with E-state index in [1.807, 2.05) is 37.3 Å². The van der Waals surface area contributed by atoms with Crippen molar-refractivity contribution in [3.63, 3.8) is 0 Å². The van der Waals surface area contributed by atoms with Gasteiger partial charge in [-0.05, 0) is 63.2 Å². The number of carbonyl (C=O) groups is 1. The van der Waals surface area contributed by atoms with E-state index in [1.54, 1.807) is 18.2 Å². The van der Waals surface area contributed by atoms with Crippen molar-refractivity contribution in [2.75, 3.05) is 24.6 Å². The molecule has 0 saturated carbocycles. The highest BCUT2D eigenvalue weighted by atomic mass is 16.5. The molecular weight excluding hydrogens is 394 g/mol. The molecule has 0 bridgehead atoms. The summed E-state index contributed by atoms with van der Waals surface area (Å²) in [5.74, 6) is 0.449. The summed E-state index contributed by atoms with van der Waals surface area (Å²) in [6.45, 7) is 8.34. The van der Waals surface area contributed by atoms with Crippen LogP contribution in [0.15, 0.2) is 53.6 Å². The van der Waals surface area contributed by atoms with E-state index in [0.29, 0.717) is 17.9 Å². The molecule has 0 aliphatic heterocycles. The van der Waals surface area contributed by atoms with Gasteiger partial charge in [-0.3, -0.25) is 9.89 Å². The first-order valence-electron chi connectivity index (χ1n) is 10.3. The standard InChI is InChI=1S/C23H27N5O3/c1-4-28(5-2)18-10-7-17(22(29)13-18)15-24-27-23(30)21-14-20(25-26-21)16-8-11-19(12-9-16)31-6-3/h7-15,29H,4-6H2,1-3H3,(H,25,26)(H,27,30). The molecule has 0 aliphatic rings. The number of ether oxygens (including phenoxy) is 1. The summed E-state index contributed by atoms with van der Waals surface area (Å²) >= 11 is 0. The van der Waals surface area contributed by atoms with Crippen molar-refractivity contribution >= 4 is 17.8 Å². The average molecular weight is 422 g/mol. The summed E-state index contributed by atoms with van der Waals surface area (Å²) < 4.78 is 5.43. The fourth-order valence-electron chi connectivity index (χ4n) is 3.12. The lowest BCUT2D eigenvalue weighted by atomic mass is 10.1. The van der Waals surface area contributed by atoms with E-state index in [-0.39, 0.29) is 11.4 Å². The van der Waals surface area contributed by atoms with Crippen molar-refractivity contribution in [2.45, 2.75) is 20.8 Å². The SMILES string of the molecule is CCOc1ccc(-c2cc(C(=O)NN=Cc3ccc(N(CC)CC)cc3O)[nH]n2)cc1. The number of nitrogens with one attached hydrogen (secondary N) is 2. The van der Waals surface area contributed by atoms with Gasteiger partial charge < -0.3 is 14.7 Å². The Labute approximate surface area is 181 Å². The second-order valence-corrected chi connectivity index (χ2v) is 6.74. The Kier molecular flexibility index (Phi) is 7.26. The molecule has 3 N–H and O–H groups in total. The molecule has 1 heterocycles. The van der Waals surface area contributed by atoms with Crippen LogP contribution in [-0.2, 0) is 0 Å². The molecule has 0 aliphatic carbocycles. The topological polar surface area (TPSA) is 103 Å². The van der Waals surface area contributed by atoms with E-state index in [4.69, 9.17) is 4.74 Å². The highest BCUT2D eigenvalue weighted by molar-refractivity contribution is 5.94. The smallest absolute Gasteiger partial charge is 0.289 e.